The number of nitrogens with one attached hydrogen (secondary N) is 1. The number of aromatic nitrogens is 1. The Labute approximate surface area is 136 Å². The van der Waals surface area contributed by atoms with E-state index < -0.39 is 0 Å². The van der Waals surface area contributed by atoms with Gasteiger partial charge in [-0.25, -0.2) is 4.79 Å². The van der Waals surface area contributed by atoms with E-state index in [9.17, 15) is 9.59 Å². The maximum atomic E-state index is 12.0. The molecular formula is C15H25N5O3. The second-order valence-electron chi connectivity index (χ2n) is 5.86. The second-order valence-corrected chi connectivity index (χ2v) is 5.86. The van der Waals surface area contributed by atoms with Gasteiger partial charge in [-0.05, 0) is 6.92 Å². The lowest BCUT2D eigenvalue weighted by atomic mass is 10.3. The highest BCUT2D eigenvalue weighted by molar-refractivity contribution is 5.74. The van der Waals surface area contributed by atoms with E-state index in [1.807, 2.05) is 17.9 Å². The Morgan fingerprint density at radius 2 is 2.04 bits per heavy atom. The van der Waals surface area contributed by atoms with Gasteiger partial charge in [0.25, 0.3) is 0 Å². The van der Waals surface area contributed by atoms with Crippen LogP contribution >= 0.6 is 0 Å². The minimum Gasteiger partial charge on any atom is -0.361 e. The molecule has 0 bridgehead atoms. The van der Waals surface area contributed by atoms with E-state index >= 15 is 0 Å². The summed E-state index contributed by atoms with van der Waals surface area (Å²) in [5, 5.41) is 6.77. The van der Waals surface area contributed by atoms with Gasteiger partial charge < -0.3 is 19.6 Å². The largest absolute Gasteiger partial charge is 0.361 e. The first-order valence-corrected chi connectivity index (χ1v) is 7.84. The summed E-state index contributed by atoms with van der Waals surface area (Å²) in [6.45, 7) is 8.43. The van der Waals surface area contributed by atoms with Gasteiger partial charge in [0.05, 0.1) is 6.54 Å². The van der Waals surface area contributed by atoms with Crippen molar-refractivity contribution in [3.63, 3.8) is 0 Å². The molecule has 2 rings (SSSR count). The van der Waals surface area contributed by atoms with Gasteiger partial charge >= 0.3 is 6.03 Å². The lowest BCUT2D eigenvalue weighted by molar-refractivity contribution is -0.130. The van der Waals surface area contributed by atoms with Crippen molar-refractivity contribution in [3.8, 4) is 0 Å². The Hall–Kier alpha value is -2.09. The Morgan fingerprint density at radius 1 is 1.35 bits per heavy atom. The topological polar surface area (TPSA) is 81.9 Å². The molecule has 3 amide bonds. The molecule has 8 nitrogen and oxygen atoms in total. The maximum absolute atomic E-state index is 12.0. The average molecular weight is 323 g/mol. The van der Waals surface area contributed by atoms with Gasteiger partial charge in [-0.15, -0.1) is 0 Å². The van der Waals surface area contributed by atoms with E-state index in [1.165, 1.54) is 0 Å². The lowest BCUT2D eigenvalue weighted by Gasteiger charge is -2.34. The van der Waals surface area contributed by atoms with Crippen LogP contribution in [0.3, 0.4) is 0 Å². The normalized spacial score (nSPS) is 15.5. The number of carbonyl (C=O) groups is 2. The number of nitrogens with zero attached hydrogens (tertiary/aromatic N) is 4. The van der Waals surface area contributed by atoms with Crippen molar-refractivity contribution in [1.82, 2.24) is 25.2 Å². The molecule has 0 spiro atoms. The number of amides is 3. The molecule has 1 saturated heterocycles. The van der Waals surface area contributed by atoms with Gasteiger partial charge in [0, 0.05) is 59.3 Å². The highest BCUT2D eigenvalue weighted by Crippen LogP contribution is 2.04. The van der Waals surface area contributed by atoms with Crippen LogP contribution in [0, 0.1) is 6.92 Å². The van der Waals surface area contributed by atoms with Crippen LogP contribution in [0.15, 0.2) is 10.6 Å². The zero-order chi connectivity index (χ0) is 16.8. The van der Waals surface area contributed by atoms with Crippen molar-refractivity contribution in [3.05, 3.63) is 17.5 Å². The molecule has 23 heavy (non-hydrogen) atoms. The van der Waals surface area contributed by atoms with Crippen LogP contribution in [0.4, 0.5) is 4.79 Å². The van der Waals surface area contributed by atoms with E-state index in [-0.39, 0.29) is 11.9 Å². The smallest absolute Gasteiger partial charge is 0.317 e. The van der Waals surface area contributed by atoms with Crippen molar-refractivity contribution in [1.29, 1.82) is 0 Å². The molecule has 0 unspecified atom stereocenters. The van der Waals surface area contributed by atoms with Crippen LogP contribution in [-0.2, 0) is 11.3 Å². The molecule has 1 aliphatic heterocycles. The van der Waals surface area contributed by atoms with Crippen LogP contribution in [0.25, 0.3) is 0 Å². The van der Waals surface area contributed by atoms with Gasteiger partial charge in [-0.1, -0.05) is 5.16 Å². The quantitative estimate of drug-likeness (QED) is 0.842. The SMILES string of the molecule is CC(=O)N1CCN(CCNC(=O)N(C)Cc2cc(C)on2)CC1. The van der Waals surface area contributed by atoms with Crippen molar-refractivity contribution in [2.45, 2.75) is 20.4 Å². The summed E-state index contributed by atoms with van der Waals surface area (Å²) in [6.07, 6.45) is 0. The van der Waals surface area contributed by atoms with Crippen LogP contribution in [0.5, 0.6) is 0 Å². The van der Waals surface area contributed by atoms with Crippen LogP contribution in [0.2, 0.25) is 0 Å². The number of piperazine rings is 1. The average Bonchev–Trinajstić information content (AvgIpc) is 2.92. The number of hydrogen-bond donors (Lipinski definition) is 1. The third kappa shape index (κ3) is 5.24. The third-order valence-corrected chi connectivity index (χ3v) is 3.94. The first-order valence-electron chi connectivity index (χ1n) is 7.84. The zero-order valence-corrected chi connectivity index (χ0v) is 14.0. The van der Waals surface area contributed by atoms with E-state index in [0.29, 0.717) is 13.1 Å². The summed E-state index contributed by atoms with van der Waals surface area (Å²) < 4.78 is 4.99. The van der Waals surface area contributed by atoms with Crippen molar-refractivity contribution in [2.24, 2.45) is 0 Å². The Morgan fingerprint density at radius 3 is 2.61 bits per heavy atom. The van der Waals surface area contributed by atoms with E-state index in [2.05, 4.69) is 15.4 Å². The summed E-state index contributed by atoms with van der Waals surface area (Å²) in [5.74, 6) is 0.862. The van der Waals surface area contributed by atoms with Crippen LogP contribution in [-0.4, -0.2) is 78.1 Å². The Balaban J connectivity index is 1.64. The molecular weight excluding hydrogens is 298 g/mol. The second kappa shape index (κ2) is 7.96. The molecule has 0 saturated carbocycles. The predicted octanol–water partition coefficient (Wildman–Crippen LogP) is 0.289. The first-order chi connectivity index (χ1) is 11.0. The maximum Gasteiger partial charge on any atom is 0.317 e. The molecule has 0 aromatic carbocycles. The fourth-order valence-electron chi connectivity index (χ4n) is 2.55. The van der Waals surface area contributed by atoms with Crippen LogP contribution < -0.4 is 5.32 Å². The minimum atomic E-state index is -0.131. The first kappa shape index (κ1) is 17.3. The lowest BCUT2D eigenvalue weighted by Crippen LogP contribution is -2.50. The van der Waals surface area contributed by atoms with Crippen LogP contribution in [0.1, 0.15) is 18.4 Å². The molecule has 1 fully saturated rings. The zero-order valence-electron chi connectivity index (χ0n) is 14.0. The summed E-state index contributed by atoms with van der Waals surface area (Å²) in [4.78, 5) is 29.0. The van der Waals surface area contributed by atoms with E-state index in [0.717, 1.165) is 44.2 Å². The standard InChI is InChI=1S/C15H25N5O3/c1-12-10-14(17-23-12)11-18(3)15(22)16-4-5-19-6-8-20(9-7-19)13(2)21/h10H,4-9,11H2,1-3H3,(H,16,22). The molecule has 0 atom stereocenters. The minimum absolute atomic E-state index is 0.127. The molecule has 2 heterocycles. The number of urea groups is 1. The molecule has 1 N–H and O–H groups in total. The number of aryl methyl sites for hydroxylation is 1. The van der Waals surface area contributed by atoms with Gasteiger partial charge in [0.1, 0.15) is 11.5 Å². The predicted molar refractivity (Wildman–Crippen MR) is 84.8 cm³/mol. The van der Waals surface area contributed by atoms with Gasteiger partial charge in [0.15, 0.2) is 0 Å². The fourth-order valence-corrected chi connectivity index (χ4v) is 2.55. The molecule has 0 radical (unpaired) electrons. The Kier molecular flexibility index (Phi) is 5.97. The monoisotopic (exact) mass is 323 g/mol. The summed E-state index contributed by atoms with van der Waals surface area (Å²) in [6, 6.07) is 1.69. The van der Waals surface area contributed by atoms with E-state index in [4.69, 9.17) is 4.52 Å². The summed E-state index contributed by atoms with van der Waals surface area (Å²) in [7, 11) is 1.73. The van der Waals surface area contributed by atoms with Crippen molar-refractivity contribution < 1.29 is 14.1 Å². The molecule has 0 aliphatic carbocycles. The molecule has 8 heteroatoms. The summed E-state index contributed by atoms with van der Waals surface area (Å²) >= 11 is 0. The van der Waals surface area contributed by atoms with Crippen molar-refractivity contribution in [2.75, 3.05) is 46.3 Å². The Bertz CT molecular complexity index is 537. The van der Waals surface area contributed by atoms with E-state index in [1.54, 1.807) is 18.9 Å². The molecule has 128 valence electrons. The number of rotatable bonds is 5. The van der Waals surface area contributed by atoms with Gasteiger partial charge in [-0.2, -0.15) is 0 Å². The molecule has 1 aromatic rings. The van der Waals surface area contributed by atoms with Crippen molar-refractivity contribution >= 4 is 11.9 Å². The fraction of sp³-hybridized carbons (Fsp3) is 0.667. The van der Waals surface area contributed by atoms with Gasteiger partial charge in [-0.3, -0.25) is 9.69 Å². The van der Waals surface area contributed by atoms with Gasteiger partial charge in [0.2, 0.25) is 5.91 Å². The number of carbonyl (C=O) groups excluding carboxylic acids is 2. The number of hydrogen-bond acceptors (Lipinski definition) is 5. The molecule has 1 aliphatic rings. The summed E-state index contributed by atoms with van der Waals surface area (Å²) in [5.41, 5.74) is 0.737. The highest BCUT2D eigenvalue weighted by Gasteiger charge is 2.18. The highest BCUT2D eigenvalue weighted by atomic mass is 16.5. The third-order valence-electron chi connectivity index (χ3n) is 3.94. The molecule has 1 aromatic heterocycles.